The van der Waals surface area contributed by atoms with E-state index in [0.717, 1.165) is 12.3 Å². The molecule has 1 heteroatoms. The van der Waals surface area contributed by atoms with Crippen molar-refractivity contribution in [3.8, 4) is 0 Å². The SMILES string of the molecule is N[C@H](CC1CC1)c1c2ccccc2cc2ccccc12. The highest BCUT2D eigenvalue weighted by Gasteiger charge is 2.26. The van der Waals surface area contributed by atoms with Crippen LogP contribution in [0.2, 0.25) is 0 Å². The molecule has 1 saturated carbocycles. The maximum absolute atomic E-state index is 6.57. The van der Waals surface area contributed by atoms with Crippen molar-refractivity contribution in [2.75, 3.05) is 0 Å². The lowest BCUT2D eigenvalue weighted by Crippen LogP contribution is -2.12. The maximum atomic E-state index is 6.57. The summed E-state index contributed by atoms with van der Waals surface area (Å²) in [6.45, 7) is 0. The molecule has 0 spiro atoms. The van der Waals surface area contributed by atoms with Crippen LogP contribution in [0.15, 0.2) is 54.6 Å². The molecule has 100 valence electrons. The zero-order chi connectivity index (χ0) is 13.5. The summed E-state index contributed by atoms with van der Waals surface area (Å²) in [5.74, 6) is 0.850. The Balaban J connectivity index is 2.00. The van der Waals surface area contributed by atoms with Crippen LogP contribution in [0.1, 0.15) is 30.9 Å². The lowest BCUT2D eigenvalue weighted by molar-refractivity contribution is 0.603. The van der Waals surface area contributed by atoms with E-state index in [2.05, 4.69) is 54.6 Å². The van der Waals surface area contributed by atoms with Gasteiger partial charge in [0.15, 0.2) is 0 Å². The van der Waals surface area contributed by atoms with Gasteiger partial charge in [-0.15, -0.1) is 0 Å². The van der Waals surface area contributed by atoms with Gasteiger partial charge >= 0.3 is 0 Å². The summed E-state index contributed by atoms with van der Waals surface area (Å²) in [6.07, 6.45) is 3.84. The molecule has 20 heavy (non-hydrogen) atoms. The van der Waals surface area contributed by atoms with E-state index in [4.69, 9.17) is 5.73 Å². The van der Waals surface area contributed by atoms with E-state index in [0.29, 0.717) is 0 Å². The van der Waals surface area contributed by atoms with Crippen LogP contribution in [0.3, 0.4) is 0 Å². The minimum Gasteiger partial charge on any atom is -0.324 e. The van der Waals surface area contributed by atoms with Crippen LogP contribution in [-0.2, 0) is 0 Å². The molecule has 0 amide bonds. The highest BCUT2D eigenvalue weighted by Crippen LogP contribution is 2.40. The zero-order valence-electron chi connectivity index (χ0n) is 11.5. The maximum Gasteiger partial charge on any atom is 0.0309 e. The van der Waals surface area contributed by atoms with Gasteiger partial charge in [0, 0.05) is 6.04 Å². The quantitative estimate of drug-likeness (QED) is 0.674. The number of hydrogen-bond donors (Lipinski definition) is 1. The summed E-state index contributed by atoms with van der Waals surface area (Å²) in [6, 6.07) is 19.7. The molecular formula is C19H19N. The first kappa shape index (κ1) is 11.9. The molecule has 1 nitrogen and oxygen atoms in total. The smallest absolute Gasteiger partial charge is 0.0309 e. The fourth-order valence-corrected chi connectivity index (χ4v) is 3.28. The van der Waals surface area contributed by atoms with Crippen LogP contribution in [0.4, 0.5) is 0 Å². The van der Waals surface area contributed by atoms with Gasteiger partial charge < -0.3 is 5.73 Å². The summed E-state index contributed by atoms with van der Waals surface area (Å²) in [5, 5.41) is 5.23. The summed E-state index contributed by atoms with van der Waals surface area (Å²) in [5.41, 5.74) is 7.91. The molecule has 3 aromatic rings. The second-order valence-electron chi connectivity index (χ2n) is 6.02. The minimum absolute atomic E-state index is 0.151. The lowest BCUT2D eigenvalue weighted by Gasteiger charge is -2.18. The second-order valence-corrected chi connectivity index (χ2v) is 6.02. The van der Waals surface area contributed by atoms with E-state index in [1.807, 2.05) is 0 Å². The van der Waals surface area contributed by atoms with Crippen molar-refractivity contribution in [1.29, 1.82) is 0 Å². The number of rotatable bonds is 3. The van der Waals surface area contributed by atoms with Crippen molar-refractivity contribution >= 4 is 21.5 Å². The summed E-state index contributed by atoms with van der Waals surface area (Å²) in [7, 11) is 0. The predicted molar refractivity (Wildman–Crippen MR) is 85.7 cm³/mol. The van der Waals surface area contributed by atoms with Crippen LogP contribution < -0.4 is 5.73 Å². The summed E-state index contributed by atoms with van der Waals surface area (Å²) >= 11 is 0. The Hall–Kier alpha value is -1.86. The average Bonchev–Trinajstić information content (AvgIpc) is 3.28. The molecule has 0 heterocycles. The Morgan fingerprint density at radius 1 is 0.900 bits per heavy atom. The third-order valence-corrected chi connectivity index (χ3v) is 4.47. The van der Waals surface area contributed by atoms with Gasteiger partial charge in [-0.25, -0.2) is 0 Å². The van der Waals surface area contributed by atoms with Gasteiger partial charge in [0.1, 0.15) is 0 Å². The molecule has 1 aliphatic carbocycles. The van der Waals surface area contributed by atoms with Gasteiger partial charge in [0.2, 0.25) is 0 Å². The molecular weight excluding hydrogens is 242 g/mol. The molecule has 0 unspecified atom stereocenters. The number of hydrogen-bond acceptors (Lipinski definition) is 1. The largest absolute Gasteiger partial charge is 0.324 e. The molecule has 1 aliphatic rings. The first-order valence-electron chi connectivity index (χ1n) is 7.49. The monoisotopic (exact) mass is 261 g/mol. The molecule has 2 N–H and O–H groups in total. The van der Waals surface area contributed by atoms with Gasteiger partial charge in [0.25, 0.3) is 0 Å². The third kappa shape index (κ3) is 1.99. The second kappa shape index (κ2) is 4.60. The molecule has 0 aromatic heterocycles. The Morgan fingerprint density at radius 2 is 1.45 bits per heavy atom. The Morgan fingerprint density at radius 3 is 2.00 bits per heavy atom. The first-order chi connectivity index (χ1) is 9.83. The number of nitrogens with two attached hydrogens (primary N) is 1. The minimum atomic E-state index is 0.151. The Kier molecular flexibility index (Phi) is 2.75. The lowest BCUT2D eigenvalue weighted by atomic mass is 9.90. The van der Waals surface area contributed by atoms with Gasteiger partial charge in [0.05, 0.1) is 0 Å². The van der Waals surface area contributed by atoms with Crippen LogP contribution in [-0.4, -0.2) is 0 Å². The fraction of sp³-hybridized carbons (Fsp3) is 0.263. The number of fused-ring (bicyclic) bond motifs is 2. The van der Waals surface area contributed by atoms with Crippen molar-refractivity contribution in [1.82, 2.24) is 0 Å². The van der Waals surface area contributed by atoms with E-state index >= 15 is 0 Å². The number of benzene rings is 3. The van der Waals surface area contributed by atoms with Crippen LogP contribution in [0.25, 0.3) is 21.5 Å². The molecule has 3 aromatic carbocycles. The third-order valence-electron chi connectivity index (χ3n) is 4.47. The molecule has 0 bridgehead atoms. The van der Waals surface area contributed by atoms with E-state index in [1.54, 1.807) is 0 Å². The topological polar surface area (TPSA) is 26.0 Å². The average molecular weight is 261 g/mol. The molecule has 1 atom stereocenters. The van der Waals surface area contributed by atoms with Crippen molar-refractivity contribution in [2.24, 2.45) is 11.7 Å². The Labute approximate surface area is 119 Å². The van der Waals surface area contributed by atoms with E-state index in [-0.39, 0.29) is 6.04 Å². The standard InChI is InChI=1S/C19H19N/c20-18(11-13-9-10-13)19-16-7-3-1-5-14(16)12-15-6-2-4-8-17(15)19/h1-8,12-13,18H,9-11,20H2/t18-/m1/s1. The van der Waals surface area contributed by atoms with Crippen molar-refractivity contribution < 1.29 is 0 Å². The van der Waals surface area contributed by atoms with Gasteiger partial charge in [-0.05, 0) is 45.5 Å². The predicted octanol–water partition coefficient (Wildman–Crippen LogP) is 4.79. The van der Waals surface area contributed by atoms with Crippen molar-refractivity contribution in [3.63, 3.8) is 0 Å². The summed E-state index contributed by atoms with van der Waals surface area (Å²) in [4.78, 5) is 0. The molecule has 0 aliphatic heterocycles. The highest BCUT2D eigenvalue weighted by molar-refractivity contribution is 6.02. The van der Waals surface area contributed by atoms with Crippen LogP contribution in [0, 0.1) is 5.92 Å². The normalized spacial score (nSPS) is 16.6. The first-order valence-corrected chi connectivity index (χ1v) is 7.49. The van der Waals surface area contributed by atoms with E-state index < -0.39 is 0 Å². The van der Waals surface area contributed by atoms with Gasteiger partial charge in [-0.2, -0.15) is 0 Å². The van der Waals surface area contributed by atoms with Crippen molar-refractivity contribution in [2.45, 2.75) is 25.3 Å². The Bertz CT molecular complexity index is 717. The highest BCUT2D eigenvalue weighted by atomic mass is 14.6. The molecule has 1 fully saturated rings. The van der Waals surface area contributed by atoms with E-state index in [1.165, 1.54) is 39.9 Å². The van der Waals surface area contributed by atoms with Gasteiger partial charge in [-0.1, -0.05) is 61.4 Å². The molecule has 4 rings (SSSR count). The zero-order valence-corrected chi connectivity index (χ0v) is 11.5. The molecule has 0 saturated heterocycles. The summed E-state index contributed by atoms with van der Waals surface area (Å²) < 4.78 is 0. The molecule has 0 radical (unpaired) electrons. The van der Waals surface area contributed by atoms with Crippen LogP contribution in [0.5, 0.6) is 0 Å². The van der Waals surface area contributed by atoms with Crippen LogP contribution >= 0.6 is 0 Å². The van der Waals surface area contributed by atoms with E-state index in [9.17, 15) is 0 Å². The van der Waals surface area contributed by atoms with Crippen molar-refractivity contribution in [3.05, 3.63) is 60.2 Å². The fourth-order valence-electron chi connectivity index (χ4n) is 3.28. The van der Waals surface area contributed by atoms with Gasteiger partial charge in [-0.3, -0.25) is 0 Å².